The van der Waals surface area contributed by atoms with Gasteiger partial charge in [0.15, 0.2) is 0 Å². The average molecular weight is 372 g/mol. The molecule has 0 fully saturated rings. The number of hydrogen-bond acceptors (Lipinski definition) is 5. The van der Waals surface area contributed by atoms with Crippen molar-refractivity contribution in [3.05, 3.63) is 47.5 Å². The van der Waals surface area contributed by atoms with Crippen molar-refractivity contribution in [1.82, 2.24) is 0 Å². The molecule has 0 heterocycles. The predicted molar refractivity (Wildman–Crippen MR) is 106 cm³/mol. The van der Waals surface area contributed by atoms with Crippen LogP contribution in [0.5, 0.6) is 0 Å². The molecule has 0 aliphatic heterocycles. The molecule has 4 nitrogen and oxygen atoms in total. The molecule has 0 amide bonds. The molecule has 0 aliphatic rings. The Morgan fingerprint density at radius 2 is 1.73 bits per heavy atom. The van der Waals surface area contributed by atoms with Crippen LogP contribution in [0.3, 0.4) is 0 Å². The van der Waals surface area contributed by atoms with Gasteiger partial charge in [0, 0.05) is 24.6 Å². The smallest absolute Gasteiger partial charge is 0.360 e. The van der Waals surface area contributed by atoms with Gasteiger partial charge in [0.2, 0.25) is 0 Å². The van der Waals surface area contributed by atoms with Crippen molar-refractivity contribution in [2.45, 2.75) is 40.0 Å². The van der Waals surface area contributed by atoms with E-state index in [1.165, 1.54) is 5.56 Å². The van der Waals surface area contributed by atoms with Crippen molar-refractivity contribution in [3.63, 3.8) is 0 Å². The van der Waals surface area contributed by atoms with Gasteiger partial charge in [-0.1, -0.05) is 55.8 Å². The Bertz CT molecular complexity index is 828. The van der Waals surface area contributed by atoms with Gasteiger partial charge in [-0.3, -0.25) is 9.59 Å². The van der Waals surface area contributed by atoms with E-state index in [0.29, 0.717) is 6.42 Å². The minimum absolute atomic E-state index is 0.0823. The molecular formula is C21H24O4S. The largest absolute Gasteiger partial charge is 0.456 e. The summed E-state index contributed by atoms with van der Waals surface area (Å²) in [5.74, 6) is -1.15. The molecule has 2 aromatic rings. The van der Waals surface area contributed by atoms with E-state index in [1.54, 1.807) is 20.8 Å². The lowest BCUT2D eigenvalue weighted by molar-refractivity contribution is -0.138. The van der Waals surface area contributed by atoms with Crippen LogP contribution in [0.4, 0.5) is 0 Å². The third kappa shape index (κ3) is 5.11. The van der Waals surface area contributed by atoms with Gasteiger partial charge in [-0.2, -0.15) is 0 Å². The van der Waals surface area contributed by atoms with Gasteiger partial charge in [-0.15, -0.1) is 0 Å². The number of fused-ring (bicyclic) bond motifs is 1. The fourth-order valence-electron chi connectivity index (χ4n) is 2.62. The Labute approximate surface area is 159 Å². The van der Waals surface area contributed by atoms with Gasteiger partial charge >= 0.3 is 11.2 Å². The van der Waals surface area contributed by atoms with E-state index in [1.807, 2.05) is 37.3 Å². The van der Waals surface area contributed by atoms with Crippen LogP contribution in [0.25, 0.3) is 10.8 Å². The second-order valence-corrected chi connectivity index (χ2v) is 6.87. The molecule has 5 heteroatoms. The van der Waals surface area contributed by atoms with Gasteiger partial charge in [0.1, 0.15) is 12.4 Å². The third-order valence-electron chi connectivity index (χ3n) is 4.41. The van der Waals surface area contributed by atoms with Crippen molar-refractivity contribution in [2.75, 3.05) is 6.61 Å². The van der Waals surface area contributed by atoms with Crippen LogP contribution >= 0.6 is 12.2 Å². The van der Waals surface area contributed by atoms with E-state index in [-0.39, 0.29) is 23.5 Å². The zero-order chi connectivity index (χ0) is 19.3. The first-order chi connectivity index (χ1) is 12.3. The maximum absolute atomic E-state index is 12.3. The zero-order valence-corrected chi connectivity index (χ0v) is 16.4. The number of esters is 1. The van der Waals surface area contributed by atoms with Crippen molar-refractivity contribution in [3.8, 4) is 0 Å². The second-order valence-electron chi connectivity index (χ2n) is 6.53. The molecule has 26 heavy (non-hydrogen) atoms. The molecule has 2 atom stereocenters. The first-order valence-corrected chi connectivity index (χ1v) is 9.14. The Balaban J connectivity index is 1.97. The van der Waals surface area contributed by atoms with Crippen LogP contribution < -0.4 is 0 Å². The lowest BCUT2D eigenvalue weighted by Crippen LogP contribution is -2.22. The van der Waals surface area contributed by atoms with Gasteiger partial charge in [-0.25, -0.2) is 0 Å². The highest BCUT2D eigenvalue weighted by Crippen LogP contribution is 2.23. The number of Topliss-reactive ketones (excluding diaryl/α,β-unsaturated/α-hetero) is 1. The van der Waals surface area contributed by atoms with Crippen LogP contribution in [-0.2, 0) is 19.1 Å². The Hall–Kier alpha value is -2.27. The first kappa shape index (κ1) is 20.0. The molecule has 1 unspecified atom stereocenters. The van der Waals surface area contributed by atoms with Crippen LogP contribution in [0.2, 0.25) is 0 Å². The summed E-state index contributed by atoms with van der Waals surface area (Å²) in [6, 6.07) is 12.1. The van der Waals surface area contributed by atoms with Gasteiger partial charge < -0.3 is 9.47 Å². The monoisotopic (exact) mass is 372 g/mol. The minimum Gasteiger partial charge on any atom is -0.456 e. The number of aryl methyl sites for hydroxylation is 1. The zero-order valence-electron chi connectivity index (χ0n) is 15.6. The van der Waals surface area contributed by atoms with Crippen LogP contribution in [0.15, 0.2) is 36.4 Å². The lowest BCUT2D eigenvalue weighted by atomic mass is 9.97. The highest BCUT2D eigenvalue weighted by Gasteiger charge is 2.20. The molecule has 0 radical (unpaired) electrons. The second kappa shape index (κ2) is 8.90. The summed E-state index contributed by atoms with van der Waals surface area (Å²) in [5.41, 5.74) is 2.04. The summed E-state index contributed by atoms with van der Waals surface area (Å²) in [4.78, 5) is 23.9. The van der Waals surface area contributed by atoms with E-state index in [4.69, 9.17) is 21.7 Å². The Morgan fingerprint density at radius 3 is 2.42 bits per heavy atom. The fraction of sp³-hybridized carbons (Fsp3) is 0.381. The number of carbonyl (C=O) groups excluding carboxylic acids is 2. The van der Waals surface area contributed by atoms with Crippen LogP contribution in [-0.4, -0.2) is 23.6 Å². The SMILES string of the molecule is CCC(=O)C(C)COC(=S)OC(=O)[C@@H](C)c1ccc2cc(C)ccc2c1. The third-order valence-corrected chi connectivity index (χ3v) is 4.61. The molecule has 0 aromatic heterocycles. The molecule has 0 aliphatic carbocycles. The number of thiocarbonyl (C=S) groups is 1. The topological polar surface area (TPSA) is 52.6 Å². The number of rotatable bonds is 6. The van der Waals surface area contributed by atoms with Gasteiger partial charge in [0.05, 0.1) is 5.92 Å². The van der Waals surface area contributed by atoms with E-state index in [0.717, 1.165) is 16.3 Å². The number of hydrogen-bond donors (Lipinski definition) is 0. The molecule has 0 N–H and O–H groups in total. The van der Waals surface area contributed by atoms with Crippen molar-refractivity contribution in [2.24, 2.45) is 5.92 Å². The van der Waals surface area contributed by atoms with E-state index < -0.39 is 11.9 Å². The van der Waals surface area contributed by atoms with Crippen LogP contribution in [0.1, 0.15) is 44.2 Å². The summed E-state index contributed by atoms with van der Waals surface area (Å²) in [6.07, 6.45) is 0.440. The molecule has 0 spiro atoms. The molecule has 2 rings (SSSR count). The maximum atomic E-state index is 12.3. The van der Waals surface area contributed by atoms with E-state index in [2.05, 4.69) is 6.07 Å². The van der Waals surface area contributed by atoms with Gasteiger partial charge in [-0.05, 0) is 30.2 Å². The highest BCUT2D eigenvalue weighted by molar-refractivity contribution is 7.79. The van der Waals surface area contributed by atoms with Crippen molar-refractivity contribution in [1.29, 1.82) is 0 Å². The van der Waals surface area contributed by atoms with E-state index in [9.17, 15) is 9.59 Å². The maximum Gasteiger partial charge on any atom is 0.360 e. The number of carbonyl (C=O) groups is 2. The lowest BCUT2D eigenvalue weighted by Gasteiger charge is -2.15. The summed E-state index contributed by atoms with van der Waals surface area (Å²) in [5, 5.41) is 1.95. The number of ketones is 1. The number of benzene rings is 2. The van der Waals surface area contributed by atoms with E-state index >= 15 is 0 Å². The summed E-state index contributed by atoms with van der Waals surface area (Å²) in [7, 11) is 0. The standard InChI is InChI=1S/C21H24O4S/c1-5-19(22)14(3)12-24-21(26)25-20(23)15(4)16-8-9-17-10-13(2)6-7-18(17)11-16/h6-11,14-15H,5,12H2,1-4H3/t14?,15-/m0/s1. The summed E-state index contributed by atoms with van der Waals surface area (Å²) >= 11 is 4.96. The summed E-state index contributed by atoms with van der Waals surface area (Å²) in [6.45, 7) is 7.48. The van der Waals surface area contributed by atoms with Gasteiger partial charge in [0.25, 0.3) is 0 Å². The first-order valence-electron chi connectivity index (χ1n) is 8.73. The quantitative estimate of drug-likeness (QED) is 0.543. The average Bonchev–Trinajstić information content (AvgIpc) is 2.64. The summed E-state index contributed by atoms with van der Waals surface area (Å²) < 4.78 is 10.4. The van der Waals surface area contributed by atoms with Crippen LogP contribution in [0, 0.1) is 12.8 Å². The highest BCUT2D eigenvalue weighted by atomic mass is 32.1. The predicted octanol–water partition coefficient (Wildman–Crippen LogP) is 4.71. The Morgan fingerprint density at radius 1 is 1.08 bits per heavy atom. The molecule has 138 valence electrons. The Kier molecular flexibility index (Phi) is 6.86. The molecular weight excluding hydrogens is 348 g/mol. The molecule has 0 saturated heterocycles. The number of ether oxygens (including phenoxy) is 2. The molecule has 0 saturated carbocycles. The molecule has 2 aromatic carbocycles. The minimum atomic E-state index is -0.476. The van der Waals surface area contributed by atoms with Crippen molar-refractivity contribution < 1.29 is 19.1 Å². The normalized spacial score (nSPS) is 13.1. The fourth-order valence-corrected chi connectivity index (χ4v) is 2.77. The van der Waals surface area contributed by atoms with Crippen molar-refractivity contribution >= 4 is 40.0 Å². The molecule has 0 bridgehead atoms.